The van der Waals surface area contributed by atoms with Gasteiger partial charge in [0, 0.05) is 5.92 Å². The van der Waals surface area contributed by atoms with E-state index in [2.05, 4.69) is 4.98 Å². The van der Waals surface area contributed by atoms with Crippen molar-refractivity contribution in [3.05, 3.63) is 17.8 Å². The van der Waals surface area contributed by atoms with E-state index in [9.17, 15) is 0 Å². The lowest BCUT2D eigenvalue weighted by Crippen LogP contribution is -2.20. The summed E-state index contributed by atoms with van der Waals surface area (Å²) in [6.45, 7) is 2.80. The molecule has 2 rings (SSSR count). The van der Waals surface area contributed by atoms with Crippen LogP contribution in [-0.2, 0) is 0 Å². The van der Waals surface area contributed by atoms with E-state index in [1.165, 1.54) is 25.7 Å². The van der Waals surface area contributed by atoms with Crippen molar-refractivity contribution in [2.75, 3.05) is 6.54 Å². The van der Waals surface area contributed by atoms with Crippen molar-refractivity contribution >= 4 is 0 Å². The van der Waals surface area contributed by atoms with Gasteiger partial charge >= 0.3 is 0 Å². The molecular weight excluding hydrogens is 176 g/mol. The zero-order valence-corrected chi connectivity index (χ0v) is 8.70. The molecule has 1 aromatic rings. The van der Waals surface area contributed by atoms with Crippen LogP contribution in [0.5, 0.6) is 0 Å². The molecule has 1 saturated carbocycles. The summed E-state index contributed by atoms with van der Waals surface area (Å²) in [4.78, 5) is 4.39. The summed E-state index contributed by atoms with van der Waals surface area (Å²) in [7, 11) is 0. The molecule has 3 heteroatoms. The minimum atomic E-state index is 0.534. The molecule has 0 amide bonds. The van der Waals surface area contributed by atoms with Crippen molar-refractivity contribution in [3.63, 3.8) is 0 Å². The Morgan fingerprint density at radius 2 is 2.14 bits per heavy atom. The molecule has 1 fully saturated rings. The first-order valence-electron chi connectivity index (χ1n) is 5.41. The van der Waals surface area contributed by atoms with E-state index in [-0.39, 0.29) is 0 Å². The number of nitrogens with zero attached hydrogens (tertiary/aromatic N) is 1. The van der Waals surface area contributed by atoms with Crippen LogP contribution in [0.25, 0.3) is 0 Å². The number of nitrogens with two attached hydrogens (primary N) is 1. The highest BCUT2D eigenvalue weighted by Crippen LogP contribution is 2.34. The molecule has 14 heavy (non-hydrogen) atoms. The largest absolute Gasteiger partial charge is 0.448 e. The van der Waals surface area contributed by atoms with Crippen LogP contribution in [0.3, 0.4) is 0 Å². The van der Waals surface area contributed by atoms with Crippen LogP contribution in [0.2, 0.25) is 0 Å². The van der Waals surface area contributed by atoms with E-state index in [0.717, 1.165) is 24.0 Å². The first-order valence-corrected chi connectivity index (χ1v) is 5.41. The second kappa shape index (κ2) is 4.13. The molecule has 0 spiro atoms. The number of hydrogen-bond acceptors (Lipinski definition) is 3. The van der Waals surface area contributed by atoms with Gasteiger partial charge in [-0.1, -0.05) is 0 Å². The maximum Gasteiger partial charge on any atom is 0.197 e. The first kappa shape index (κ1) is 9.71. The van der Waals surface area contributed by atoms with Crippen molar-refractivity contribution in [1.82, 2.24) is 4.98 Å². The monoisotopic (exact) mass is 194 g/mol. The van der Waals surface area contributed by atoms with E-state index in [1.807, 2.05) is 6.92 Å². The molecule has 0 saturated heterocycles. The maximum atomic E-state index is 5.65. The molecule has 1 aliphatic rings. The highest BCUT2D eigenvalue weighted by molar-refractivity contribution is 5.00. The highest BCUT2D eigenvalue weighted by Gasteiger charge is 2.24. The standard InChI is InChI=1S/C11H18N2O/c1-8-7-14-11(13-8)10-4-2-9(6-12)3-5-10/h7,9-10H,2-6,12H2,1H3. The van der Waals surface area contributed by atoms with Gasteiger partial charge in [0.2, 0.25) is 0 Å². The Morgan fingerprint density at radius 1 is 1.43 bits per heavy atom. The van der Waals surface area contributed by atoms with Crippen LogP contribution in [0.4, 0.5) is 0 Å². The van der Waals surface area contributed by atoms with Crippen LogP contribution < -0.4 is 5.73 Å². The molecule has 0 aromatic carbocycles. The van der Waals surface area contributed by atoms with Crippen molar-refractivity contribution in [1.29, 1.82) is 0 Å². The van der Waals surface area contributed by atoms with E-state index in [0.29, 0.717) is 5.92 Å². The van der Waals surface area contributed by atoms with E-state index >= 15 is 0 Å². The molecule has 1 heterocycles. The van der Waals surface area contributed by atoms with Gasteiger partial charge in [-0.3, -0.25) is 0 Å². The van der Waals surface area contributed by atoms with Crippen LogP contribution in [0.15, 0.2) is 10.7 Å². The summed E-state index contributed by atoms with van der Waals surface area (Å²) < 4.78 is 5.43. The number of aromatic nitrogens is 1. The summed E-state index contributed by atoms with van der Waals surface area (Å²) in [6.07, 6.45) is 6.55. The van der Waals surface area contributed by atoms with Crippen molar-refractivity contribution in [2.24, 2.45) is 11.7 Å². The van der Waals surface area contributed by atoms with Gasteiger partial charge in [-0.2, -0.15) is 0 Å². The molecule has 78 valence electrons. The molecule has 0 aliphatic heterocycles. The molecule has 0 unspecified atom stereocenters. The van der Waals surface area contributed by atoms with Crippen molar-refractivity contribution in [2.45, 2.75) is 38.5 Å². The summed E-state index contributed by atoms with van der Waals surface area (Å²) in [5.41, 5.74) is 6.64. The topological polar surface area (TPSA) is 52.0 Å². The van der Waals surface area contributed by atoms with Gasteiger partial charge in [0.1, 0.15) is 6.26 Å². The lowest BCUT2D eigenvalue weighted by Gasteiger charge is -2.25. The van der Waals surface area contributed by atoms with Gasteiger partial charge in [-0.05, 0) is 45.1 Å². The SMILES string of the molecule is Cc1coc(C2CCC(CN)CC2)n1. The normalized spacial score (nSPS) is 27.9. The first-order chi connectivity index (χ1) is 6.79. The van der Waals surface area contributed by atoms with E-state index in [4.69, 9.17) is 10.2 Å². The van der Waals surface area contributed by atoms with Gasteiger partial charge in [-0.25, -0.2) is 4.98 Å². The second-order valence-corrected chi connectivity index (χ2v) is 4.28. The second-order valence-electron chi connectivity index (χ2n) is 4.28. The summed E-state index contributed by atoms with van der Waals surface area (Å²) in [5, 5.41) is 0. The van der Waals surface area contributed by atoms with E-state index < -0.39 is 0 Å². The van der Waals surface area contributed by atoms with Crippen LogP contribution >= 0.6 is 0 Å². The molecule has 0 bridgehead atoms. The number of aryl methyl sites for hydroxylation is 1. The van der Waals surface area contributed by atoms with Crippen molar-refractivity contribution < 1.29 is 4.42 Å². The number of rotatable bonds is 2. The van der Waals surface area contributed by atoms with Crippen LogP contribution in [0.1, 0.15) is 43.2 Å². The van der Waals surface area contributed by atoms with Crippen LogP contribution in [-0.4, -0.2) is 11.5 Å². The fourth-order valence-electron chi connectivity index (χ4n) is 2.20. The predicted octanol–water partition coefficient (Wildman–Crippen LogP) is 2.22. The van der Waals surface area contributed by atoms with Gasteiger partial charge in [-0.15, -0.1) is 0 Å². The van der Waals surface area contributed by atoms with E-state index in [1.54, 1.807) is 6.26 Å². The molecule has 0 radical (unpaired) electrons. The molecule has 1 aliphatic carbocycles. The number of oxazole rings is 1. The molecular formula is C11H18N2O. The third-order valence-corrected chi connectivity index (χ3v) is 3.17. The van der Waals surface area contributed by atoms with Crippen LogP contribution in [0, 0.1) is 12.8 Å². The molecule has 3 nitrogen and oxygen atoms in total. The molecule has 1 aromatic heterocycles. The average molecular weight is 194 g/mol. The fourth-order valence-corrected chi connectivity index (χ4v) is 2.20. The Hall–Kier alpha value is -0.830. The van der Waals surface area contributed by atoms with Gasteiger partial charge in [0.25, 0.3) is 0 Å². The summed E-state index contributed by atoms with van der Waals surface area (Å²) in [6, 6.07) is 0. The summed E-state index contributed by atoms with van der Waals surface area (Å²) in [5.74, 6) is 2.19. The third kappa shape index (κ3) is 1.98. The minimum absolute atomic E-state index is 0.534. The Kier molecular flexibility index (Phi) is 2.87. The lowest BCUT2D eigenvalue weighted by molar-refractivity contribution is 0.297. The maximum absolute atomic E-state index is 5.65. The zero-order chi connectivity index (χ0) is 9.97. The fraction of sp³-hybridized carbons (Fsp3) is 0.727. The molecule has 0 atom stereocenters. The predicted molar refractivity (Wildman–Crippen MR) is 55.0 cm³/mol. The van der Waals surface area contributed by atoms with Gasteiger partial charge < -0.3 is 10.2 Å². The quantitative estimate of drug-likeness (QED) is 0.785. The Bertz CT molecular complexity index is 287. The van der Waals surface area contributed by atoms with Gasteiger partial charge in [0.15, 0.2) is 5.89 Å². The third-order valence-electron chi connectivity index (χ3n) is 3.17. The number of hydrogen-bond donors (Lipinski definition) is 1. The van der Waals surface area contributed by atoms with Crippen molar-refractivity contribution in [3.8, 4) is 0 Å². The minimum Gasteiger partial charge on any atom is -0.448 e. The Morgan fingerprint density at radius 3 is 2.64 bits per heavy atom. The average Bonchev–Trinajstić information content (AvgIpc) is 2.65. The molecule has 2 N–H and O–H groups in total. The summed E-state index contributed by atoms with van der Waals surface area (Å²) >= 11 is 0. The van der Waals surface area contributed by atoms with Gasteiger partial charge in [0.05, 0.1) is 5.69 Å². The lowest BCUT2D eigenvalue weighted by atomic mass is 9.82. The highest BCUT2D eigenvalue weighted by atomic mass is 16.3. The zero-order valence-electron chi connectivity index (χ0n) is 8.70. The Labute approximate surface area is 84.7 Å². The smallest absolute Gasteiger partial charge is 0.197 e. The Balaban J connectivity index is 1.95.